The monoisotopic (exact) mass is 304 g/mol. The Morgan fingerprint density at radius 3 is 2.77 bits per heavy atom. The van der Waals surface area contributed by atoms with Gasteiger partial charge >= 0.3 is 5.69 Å². The van der Waals surface area contributed by atoms with Crippen molar-refractivity contribution < 1.29 is 9.13 Å². The Morgan fingerprint density at radius 2 is 2.09 bits per heavy atom. The van der Waals surface area contributed by atoms with E-state index in [1.54, 1.807) is 0 Å². The summed E-state index contributed by atoms with van der Waals surface area (Å²) >= 11 is 0. The zero-order valence-corrected chi connectivity index (χ0v) is 12.3. The second kappa shape index (κ2) is 5.88. The number of benzene rings is 1. The number of aromatic nitrogens is 2. The van der Waals surface area contributed by atoms with Gasteiger partial charge in [0.25, 0.3) is 5.56 Å². The molecule has 22 heavy (non-hydrogen) atoms. The minimum absolute atomic E-state index is 0.0504. The van der Waals surface area contributed by atoms with Gasteiger partial charge in [-0.3, -0.25) is 13.9 Å². The van der Waals surface area contributed by atoms with Crippen LogP contribution in [0.2, 0.25) is 0 Å². The molecule has 0 radical (unpaired) electrons. The molecule has 2 heterocycles. The summed E-state index contributed by atoms with van der Waals surface area (Å²) in [6.45, 7) is 2.47. The fourth-order valence-electron chi connectivity index (χ4n) is 2.67. The average Bonchev–Trinajstić information content (AvgIpc) is 3.03. The Hall–Kier alpha value is -2.21. The molecular formula is C16H17FN2O3. The van der Waals surface area contributed by atoms with Gasteiger partial charge in [-0.25, -0.2) is 4.79 Å². The molecule has 1 fully saturated rings. The Balaban J connectivity index is 2.09. The molecule has 0 unspecified atom stereocenters. The number of rotatable bonds is 3. The van der Waals surface area contributed by atoms with Gasteiger partial charge in [-0.2, -0.15) is 4.39 Å². The molecule has 0 aliphatic carbocycles. The van der Waals surface area contributed by atoms with Crippen LogP contribution in [0.4, 0.5) is 4.39 Å². The van der Waals surface area contributed by atoms with Crippen LogP contribution < -0.4 is 11.2 Å². The van der Waals surface area contributed by atoms with Gasteiger partial charge in [-0.15, -0.1) is 0 Å². The third-order valence-corrected chi connectivity index (χ3v) is 3.96. The van der Waals surface area contributed by atoms with E-state index in [1.165, 1.54) is 4.57 Å². The summed E-state index contributed by atoms with van der Waals surface area (Å²) in [5, 5.41) is 0. The normalized spacial score (nSPS) is 17.8. The van der Waals surface area contributed by atoms with Crippen LogP contribution in [-0.2, 0) is 11.3 Å². The molecule has 0 saturated carbocycles. The average molecular weight is 304 g/mol. The standard InChI is InChI=1S/C16H17FN2O3/c1-11-5-2-3-6-12(11)9-19-15(20)13(17)10-18(16(19)21)14-7-4-8-22-14/h2-3,5-6,10,14H,4,7-9H2,1H3/t14-/m0/s1. The molecule has 1 saturated heterocycles. The first-order valence-electron chi connectivity index (χ1n) is 7.25. The van der Waals surface area contributed by atoms with Crippen molar-refractivity contribution in [2.45, 2.75) is 32.5 Å². The molecule has 116 valence electrons. The number of nitrogens with zero attached hydrogens (tertiary/aromatic N) is 2. The molecule has 1 aromatic carbocycles. The molecule has 0 N–H and O–H groups in total. The molecule has 1 aliphatic heterocycles. The minimum atomic E-state index is -0.941. The molecular weight excluding hydrogens is 287 g/mol. The van der Waals surface area contributed by atoms with Gasteiger partial charge in [0.05, 0.1) is 12.7 Å². The van der Waals surface area contributed by atoms with Crippen molar-refractivity contribution in [3.8, 4) is 0 Å². The zero-order chi connectivity index (χ0) is 15.7. The topological polar surface area (TPSA) is 53.2 Å². The summed E-state index contributed by atoms with van der Waals surface area (Å²) in [5.74, 6) is -0.941. The first-order valence-corrected chi connectivity index (χ1v) is 7.25. The van der Waals surface area contributed by atoms with Crippen molar-refractivity contribution in [2.75, 3.05) is 6.61 Å². The third-order valence-electron chi connectivity index (χ3n) is 3.96. The van der Waals surface area contributed by atoms with E-state index in [9.17, 15) is 14.0 Å². The van der Waals surface area contributed by atoms with E-state index in [1.807, 2.05) is 31.2 Å². The molecule has 5 nitrogen and oxygen atoms in total. The van der Waals surface area contributed by atoms with Crippen LogP contribution in [0, 0.1) is 12.7 Å². The van der Waals surface area contributed by atoms with Crippen LogP contribution in [0.15, 0.2) is 40.1 Å². The zero-order valence-electron chi connectivity index (χ0n) is 12.3. The number of ether oxygens (including phenoxy) is 1. The van der Waals surface area contributed by atoms with Crippen LogP contribution >= 0.6 is 0 Å². The highest BCUT2D eigenvalue weighted by atomic mass is 19.1. The Labute approximate surface area is 126 Å². The minimum Gasteiger partial charge on any atom is -0.358 e. The smallest absolute Gasteiger partial charge is 0.333 e. The molecule has 0 bridgehead atoms. The van der Waals surface area contributed by atoms with Gasteiger partial charge < -0.3 is 4.74 Å². The molecule has 0 spiro atoms. The van der Waals surface area contributed by atoms with Gasteiger partial charge in [0.2, 0.25) is 5.82 Å². The maximum atomic E-state index is 13.9. The Bertz CT molecular complexity index is 804. The van der Waals surface area contributed by atoms with Gasteiger partial charge in [0.15, 0.2) is 0 Å². The van der Waals surface area contributed by atoms with Gasteiger partial charge in [-0.1, -0.05) is 24.3 Å². The highest BCUT2D eigenvalue weighted by molar-refractivity contribution is 5.25. The fraction of sp³-hybridized carbons (Fsp3) is 0.375. The van der Waals surface area contributed by atoms with Crippen LogP contribution in [0.1, 0.15) is 30.2 Å². The van der Waals surface area contributed by atoms with Crippen LogP contribution in [0.25, 0.3) is 0 Å². The first kappa shape index (κ1) is 14.7. The lowest BCUT2D eigenvalue weighted by Gasteiger charge is -2.16. The van der Waals surface area contributed by atoms with Crippen LogP contribution in [0.3, 0.4) is 0 Å². The van der Waals surface area contributed by atoms with Crippen molar-refractivity contribution in [2.24, 2.45) is 0 Å². The van der Waals surface area contributed by atoms with E-state index in [0.717, 1.165) is 28.3 Å². The van der Waals surface area contributed by atoms with Crippen LogP contribution in [-0.4, -0.2) is 15.7 Å². The summed E-state index contributed by atoms with van der Waals surface area (Å²) in [4.78, 5) is 24.5. The Morgan fingerprint density at radius 1 is 1.32 bits per heavy atom. The predicted octanol–water partition coefficient (Wildman–Crippen LogP) is 1.81. The molecule has 2 aromatic rings. The van der Waals surface area contributed by atoms with E-state index in [4.69, 9.17) is 4.74 Å². The Kier molecular flexibility index (Phi) is 3.94. The number of aryl methyl sites for hydroxylation is 1. The highest BCUT2D eigenvalue weighted by Gasteiger charge is 2.22. The largest absolute Gasteiger partial charge is 0.358 e. The van der Waals surface area contributed by atoms with Gasteiger partial charge in [-0.05, 0) is 30.9 Å². The van der Waals surface area contributed by atoms with Crippen molar-refractivity contribution in [3.63, 3.8) is 0 Å². The van der Waals surface area contributed by atoms with Gasteiger partial charge in [0, 0.05) is 6.61 Å². The van der Waals surface area contributed by atoms with E-state index >= 15 is 0 Å². The second-order valence-corrected chi connectivity index (χ2v) is 5.45. The molecule has 1 aromatic heterocycles. The molecule has 3 rings (SSSR count). The lowest BCUT2D eigenvalue weighted by molar-refractivity contribution is 0.0504. The summed E-state index contributed by atoms with van der Waals surface area (Å²) in [5.41, 5.74) is 0.317. The summed E-state index contributed by atoms with van der Waals surface area (Å²) < 4.78 is 21.5. The number of hydrogen-bond acceptors (Lipinski definition) is 3. The van der Waals surface area contributed by atoms with Crippen molar-refractivity contribution >= 4 is 0 Å². The summed E-state index contributed by atoms with van der Waals surface area (Å²) in [7, 11) is 0. The van der Waals surface area contributed by atoms with Gasteiger partial charge in [0.1, 0.15) is 6.23 Å². The van der Waals surface area contributed by atoms with Crippen LogP contribution in [0.5, 0.6) is 0 Å². The maximum absolute atomic E-state index is 13.9. The molecule has 6 heteroatoms. The molecule has 1 atom stereocenters. The van der Waals surface area contributed by atoms with E-state index in [0.29, 0.717) is 13.0 Å². The fourth-order valence-corrected chi connectivity index (χ4v) is 2.67. The lowest BCUT2D eigenvalue weighted by Crippen LogP contribution is -2.42. The third kappa shape index (κ3) is 2.62. The predicted molar refractivity (Wildman–Crippen MR) is 79.4 cm³/mol. The van der Waals surface area contributed by atoms with E-state index in [-0.39, 0.29) is 6.54 Å². The van der Waals surface area contributed by atoms with Crippen molar-refractivity contribution in [1.29, 1.82) is 0 Å². The lowest BCUT2D eigenvalue weighted by atomic mass is 10.1. The van der Waals surface area contributed by atoms with E-state index < -0.39 is 23.3 Å². The number of halogens is 1. The van der Waals surface area contributed by atoms with Crippen molar-refractivity contribution in [1.82, 2.24) is 9.13 Å². The highest BCUT2D eigenvalue weighted by Crippen LogP contribution is 2.20. The quantitative estimate of drug-likeness (QED) is 0.869. The first-order chi connectivity index (χ1) is 10.6. The summed E-state index contributed by atoms with van der Waals surface area (Å²) in [6.07, 6.45) is 1.91. The molecule has 1 aliphatic rings. The molecule has 0 amide bonds. The summed E-state index contributed by atoms with van der Waals surface area (Å²) in [6, 6.07) is 7.41. The SMILES string of the molecule is Cc1ccccc1Cn1c(=O)c(F)cn([C@@H]2CCCO2)c1=O. The van der Waals surface area contributed by atoms with E-state index in [2.05, 4.69) is 0 Å². The number of hydrogen-bond donors (Lipinski definition) is 0. The maximum Gasteiger partial charge on any atom is 0.333 e. The van der Waals surface area contributed by atoms with Crippen molar-refractivity contribution in [3.05, 3.63) is 68.2 Å². The second-order valence-electron chi connectivity index (χ2n) is 5.45.